The summed E-state index contributed by atoms with van der Waals surface area (Å²) in [6, 6.07) is 0. The minimum atomic E-state index is 0.287. The second-order valence-electron chi connectivity index (χ2n) is 4.76. The van der Waals surface area contributed by atoms with Crippen molar-refractivity contribution in [3.05, 3.63) is 0 Å². The smallest absolute Gasteiger partial charge is 0.0215 e. The first-order chi connectivity index (χ1) is 5.77. The molecule has 0 aromatic heterocycles. The monoisotopic (exact) mass is 167 g/mol. The van der Waals surface area contributed by atoms with Crippen molar-refractivity contribution in [2.75, 3.05) is 0 Å². The standard InChI is InChI=1S/C11H21N/c1-2-9-8-11(9,12)10-6-4-3-5-7-10/h9-10H,2-8,12H2,1H3. The van der Waals surface area contributed by atoms with Gasteiger partial charge in [-0.25, -0.2) is 0 Å². The maximum absolute atomic E-state index is 6.38. The Morgan fingerprint density at radius 3 is 2.42 bits per heavy atom. The van der Waals surface area contributed by atoms with Crippen molar-refractivity contribution < 1.29 is 0 Å². The Hall–Kier alpha value is -0.0400. The Kier molecular flexibility index (Phi) is 2.16. The highest BCUT2D eigenvalue weighted by molar-refractivity contribution is 5.11. The predicted octanol–water partition coefficient (Wildman–Crippen LogP) is 2.69. The van der Waals surface area contributed by atoms with Gasteiger partial charge in [0.15, 0.2) is 0 Å². The molecule has 1 nitrogen and oxygen atoms in total. The van der Waals surface area contributed by atoms with E-state index in [1.54, 1.807) is 0 Å². The van der Waals surface area contributed by atoms with E-state index in [1.165, 1.54) is 44.9 Å². The summed E-state index contributed by atoms with van der Waals surface area (Å²) in [6.45, 7) is 2.28. The van der Waals surface area contributed by atoms with Gasteiger partial charge in [0, 0.05) is 5.54 Å². The van der Waals surface area contributed by atoms with Gasteiger partial charge in [-0.15, -0.1) is 0 Å². The fourth-order valence-corrected chi connectivity index (χ4v) is 3.03. The van der Waals surface area contributed by atoms with Crippen LogP contribution in [0.5, 0.6) is 0 Å². The molecule has 0 radical (unpaired) electrons. The summed E-state index contributed by atoms with van der Waals surface area (Å²) in [4.78, 5) is 0. The zero-order valence-corrected chi connectivity index (χ0v) is 8.18. The summed E-state index contributed by atoms with van der Waals surface area (Å²) in [6.07, 6.45) is 9.74. The van der Waals surface area contributed by atoms with E-state index in [-0.39, 0.29) is 5.54 Å². The van der Waals surface area contributed by atoms with Crippen molar-refractivity contribution in [2.45, 2.75) is 57.4 Å². The lowest BCUT2D eigenvalue weighted by molar-refractivity contribution is 0.275. The summed E-state index contributed by atoms with van der Waals surface area (Å²) >= 11 is 0. The lowest BCUT2D eigenvalue weighted by atomic mass is 9.81. The Bertz CT molecular complexity index is 160. The second kappa shape index (κ2) is 3.02. The number of hydrogen-bond acceptors (Lipinski definition) is 1. The first kappa shape index (κ1) is 8.55. The molecule has 2 aliphatic rings. The molecule has 70 valence electrons. The van der Waals surface area contributed by atoms with Crippen molar-refractivity contribution in [3.63, 3.8) is 0 Å². The molecule has 2 fully saturated rings. The van der Waals surface area contributed by atoms with Crippen LogP contribution in [0.4, 0.5) is 0 Å². The van der Waals surface area contributed by atoms with Gasteiger partial charge < -0.3 is 5.73 Å². The molecule has 2 rings (SSSR count). The summed E-state index contributed by atoms with van der Waals surface area (Å²) in [5, 5.41) is 0. The minimum Gasteiger partial charge on any atom is -0.325 e. The van der Waals surface area contributed by atoms with Crippen LogP contribution in [-0.2, 0) is 0 Å². The molecule has 2 atom stereocenters. The average molecular weight is 167 g/mol. The van der Waals surface area contributed by atoms with E-state index in [0.717, 1.165) is 11.8 Å². The van der Waals surface area contributed by atoms with E-state index in [0.29, 0.717) is 0 Å². The lowest BCUT2D eigenvalue weighted by Crippen LogP contribution is -2.36. The highest BCUT2D eigenvalue weighted by Gasteiger charge is 2.54. The normalized spacial score (nSPS) is 43.0. The summed E-state index contributed by atoms with van der Waals surface area (Å²) < 4.78 is 0. The fourth-order valence-electron chi connectivity index (χ4n) is 3.03. The largest absolute Gasteiger partial charge is 0.325 e. The van der Waals surface area contributed by atoms with Gasteiger partial charge in [0.1, 0.15) is 0 Å². The van der Waals surface area contributed by atoms with Gasteiger partial charge in [-0.05, 0) is 31.1 Å². The van der Waals surface area contributed by atoms with Crippen LogP contribution in [0.3, 0.4) is 0 Å². The molecular formula is C11H21N. The molecule has 12 heavy (non-hydrogen) atoms. The van der Waals surface area contributed by atoms with E-state index in [9.17, 15) is 0 Å². The van der Waals surface area contributed by atoms with Gasteiger partial charge in [-0.3, -0.25) is 0 Å². The zero-order valence-electron chi connectivity index (χ0n) is 8.18. The van der Waals surface area contributed by atoms with E-state index in [1.807, 2.05) is 0 Å². The highest BCUT2D eigenvalue weighted by Crippen LogP contribution is 2.52. The van der Waals surface area contributed by atoms with Crippen molar-refractivity contribution >= 4 is 0 Å². The number of nitrogens with two attached hydrogens (primary N) is 1. The van der Waals surface area contributed by atoms with Gasteiger partial charge >= 0.3 is 0 Å². The molecule has 0 aliphatic heterocycles. The number of rotatable bonds is 2. The molecule has 0 aromatic rings. The maximum Gasteiger partial charge on any atom is 0.0215 e. The molecular weight excluding hydrogens is 146 g/mol. The topological polar surface area (TPSA) is 26.0 Å². The predicted molar refractivity (Wildman–Crippen MR) is 51.9 cm³/mol. The lowest BCUT2D eigenvalue weighted by Gasteiger charge is -2.28. The fraction of sp³-hybridized carbons (Fsp3) is 1.00. The van der Waals surface area contributed by atoms with E-state index in [2.05, 4.69) is 6.92 Å². The Balaban J connectivity index is 1.91. The van der Waals surface area contributed by atoms with Gasteiger partial charge in [-0.2, -0.15) is 0 Å². The van der Waals surface area contributed by atoms with Crippen LogP contribution in [0.2, 0.25) is 0 Å². The van der Waals surface area contributed by atoms with Gasteiger partial charge in [0.05, 0.1) is 0 Å². The zero-order chi connectivity index (χ0) is 8.60. The van der Waals surface area contributed by atoms with E-state index in [4.69, 9.17) is 5.73 Å². The Morgan fingerprint density at radius 1 is 1.25 bits per heavy atom. The number of hydrogen-bond donors (Lipinski definition) is 1. The maximum atomic E-state index is 6.38. The summed E-state index contributed by atoms with van der Waals surface area (Å²) in [5.41, 5.74) is 6.66. The van der Waals surface area contributed by atoms with Crippen molar-refractivity contribution in [1.29, 1.82) is 0 Å². The quantitative estimate of drug-likeness (QED) is 0.672. The van der Waals surface area contributed by atoms with Crippen LogP contribution in [0.1, 0.15) is 51.9 Å². The second-order valence-corrected chi connectivity index (χ2v) is 4.76. The first-order valence-electron chi connectivity index (χ1n) is 5.56. The Labute approximate surface area is 75.7 Å². The molecule has 0 saturated heterocycles. The van der Waals surface area contributed by atoms with Gasteiger partial charge in [-0.1, -0.05) is 32.6 Å². The molecule has 2 unspecified atom stereocenters. The molecule has 2 saturated carbocycles. The van der Waals surface area contributed by atoms with Crippen LogP contribution >= 0.6 is 0 Å². The van der Waals surface area contributed by atoms with Crippen LogP contribution in [0.25, 0.3) is 0 Å². The third-order valence-electron chi connectivity index (χ3n) is 4.06. The Morgan fingerprint density at radius 2 is 1.92 bits per heavy atom. The molecule has 2 aliphatic carbocycles. The SMILES string of the molecule is CCC1CC1(N)C1CCCCC1. The van der Waals surface area contributed by atoms with Crippen LogP contribution in [-0.4, -0.2) is 5.54 Å². The highest BCUT2D eigenvalue weighted by atomic mass is 14.9. The third-order valence-corrected chi connectivity index (χ3v) is 4.06. The van der Waals surface area contributed by atoms with E-state index < -0.39 is 0 Å². The molecule has 0 bridgehead atoms. The summed E-state index contributed by atoms with van der Waals surface area (Å²) in [5.74, 6) is 1.73. The average Bonchev–Trinajstić information content (AvgIpc) is 2.81. The minimum absolute atomic E-state index is 0.287. The van der Waals surface area contributed by atoms with Crippen molar-refractivity contribution in [1.82, 2.24) is 0 Å². The van der Waals surface area contributed by atoms with Gasteiger partial charge in [0.2, 0.25) is 0 Å². The van der Waals surface area contributed by atoms with Crippen LogP contribution in [0, 0.1) is 11.8 Å². The van der Waals surface area contributed by atoms with Gasteiger partial charge in [0.25, 0.3) is 0 Å². The van der Waals surface area contributed by atoms with Crippen LogP contribution < -0.4 is 5.73 Å². The van der Waals surface area contributed by atoms with Crippen LogP contribution in [0.15, 0.2) is 0 Å². The first-order valence-corrected chi connectivity index (χ1v) is 5.56. The molecule has 1 heteroatoms. The molecule has 0 spiro atoms. The van der Waals surface area contributed by atoms with Crippen molar-refractivity contribution in [3.8, 4) is 0 Å². The molecule has 0 aromatic carbocycles. The van der Waals surface area contributed by atoms with E-state index >= 15 is 0 Å². The summed E-state index contributed by atoms with van der Waals surface area (Å²) in [7, 11) is 0. The molecule has 0 amide bonds. The third kappa shape index (κ3) is 1.28. The molecule has 2 N–H and O–H groups in total. The molecule has 0 heterocycles. The van der Waals surface area contributed by atoms with Crippen molar-refractivity contribution in [2.24, 2.45) is 17.6 Å².